The van der Waals surface area contributed by atoms with Crippen LogP contribution in [-0.2, 0) is 4.43 Å². The lowest BCUT2D eigenvalue weighted by Crippen LogP contribution is -2.41. The molecule has 2 nitrogen and oxygen atoms in total. The van der Waals surface area contributed by atoms with Gasteiger partial charge >= 0.3 is 0 Å². The molecule has 1 aliphatic carbocycles. The first kappa shape index (κ1) is 20.1. The van der Waals surface area contributed by atoms with Gasteiger partial charge in [0.1, 0.15) is 0 Å². The second kappa shape index (κ2) is 6.92. The summed E-state index contributed by atoms with van der Waals surface area (Å²) in [5, 5.41) is 10.7. The topological polar surface area (TPSA) is 29.5 Å². The smallest absolute Gasteiger partial charge is 0.191 e. The average Bonchev–Trinajstić information content (AvgIpc) is 2.52. The molecular weight excluding hydrogens is 304 g/mol. The molecule has 0 spiro atoms. The number of hydrogen-bond donors (Lipinski definition) is 1. The molecule has 0 saturated heterocycles. The summed E-state index contributed by atoms with van der Waals surface area (Å²) in [6, 6.07) is 1.13. The molecule has 22 heavy (non-hydrogen) atoms. The van der Waals surface area contributed by atoms with Gasteiger partial charge in [0.05, 0.1) is 6.10 Å². The average molecular weight is 343 g/mol. The third-order valence-corrected chi connectivity index (χ3v) is 11.3. The van der Waals surface area contributed by atoms with Crippen LogP contribution < -0.4 is 0 Å². The van der Waals surface area contributed by atoms with Crippen LogP contribution in [0.2, 0.25) is 43.8 Å². The van der Waals surface area contributed by atoms with Gasteiger partial charge < -0.3 is 9.53 Å². The molecule has 1 rings (SSSR count). The van der Waals surface area contributed by atoms with Crippen LogP contribution in [0.4, 0.5) is 0 Å². The highest BCUT2D eigenvalue weighted by molar-refractivity contribution is 6.76. The Hall–Kier alpha value is 0.0938. The maximum atomic E-state index is 10.4. The fraction of sp³-hybridized carbons (Fsp3) is 0.889. The third-order valence-electron chi connectivity index (χ3n) is 5.35. The molecule has 130 valence electrons. The minimum Gasteiger partial charge on any atom is -0.417 e. The summed E-state index contributed by atoms with van der Waals surface area (Å²) in [5.74, 6) is 0.518. The van der Waals surface area contributed by atoms with Gasteiger partial charge in [-0.25, -0.2) is 0 Å². The minimum absolute atomic E-state index is 0.204. The van der Waals surface area contributed by atoms with Crippen LogP contribution in [0.25, 0.3) is 0 Å². The molecule has 0 aliphatic heterocycles. The van der Waals surface area contributed by atoms with E-state index < -0.39 is 16.4 Å². The maximum Gasteiger partial charge on any atom is 0.191 e. The van der Waals surface area contributed by atoms with Crippen molar-refractivity contribution < 1.29 is 9.53 Å². The van der Waals surface area contributed by atoms with E-state index in [1.165, 1.54) is 11.1 Å². The van der Waals surface area contributed by atoms with Crippen LogP contribution in [0.3, 0.4) is 0 Å². The summed E-state index contributed by atoms with van der Waals surface area (Å²) in [6.45, 7) is 21.7. The Morgan fingerprint density at radius 3 is 2.09 bits per heavy atom. The molecule has 0 aromatic carbocycles. The highest BCUT2D eigenvalue weighted by Gasteiger charge is 2.37. The van der Waals surface area contributed by atoms with Gasteiger partial charge in [-0.05, 0) is 48.5 Å². The molecule has 0 heterocycles. The standard InChI is InChI=1S/C18H38O2Si2/c1-14-12-17(19)16(13-21(5,6)7)15(14)10-11-20-22(8,9)18(2,3)4/h14,17,19H,10-13H2,1-9H3/t14-,17+/m1/s1. The van der Waals surface area contributed by atoms with E-state index in [-0.39, 0.29) is 11.1 Å². The van der Waals surface area contributed by atoms with Crippen LogP contribution >= 0.6 is 0 Å². The summed E-state index contributed by atoms with van der Waals surface area (Å²) >= 11 is 0. The molecule has 0 radical (unpaired) electrons. The van der Waals surface area contributed by atoms with Gasteiger partial charge in [0.2, 0.25) is 0 Å². The molecule has 2 atom stereocenters. The van der Waals surface area contributed by atoms with Crippen LogP contribution in [0.1, 0.15) is 40.5 Å². The van der Waals surface area contributed by atoms with E-state index in [0.717, 1.165) is 25.5 Å². The van der Waals surface area contributed by atoms with Crippen LogP contribution in [0.15, 0.2) is 11.1 Å². The predicted octanol–water partition coefficient (Wildman–Crippen LogP) is 5.43. The van der Waals surface area contributed by atoms with Crippen molar-refractivity contribution in [3.63, 3.8) is 0 Å². The molecule has 0 saturated carbocycles. The zero-order valence-electron chi connectivity index (χ0n) is 16.3. The Labute approximate surface area is 140 Å². The van der Waals surface area contributed by atoms with E-state index in [4.69, 9.17) is 4.43 Å². The lowest BCUT2D eigenvalue weighted by atomic mass is 10.0. The highest BCUT2D eigenvalue weighted by atomic mass is 28.4. The lowest BCUT2D eigenvalue weighted by molar-refractivity contribution is 0.202. The largest absolute Gasteiger partial charge is 0.417 e. The van der Waals surface area contributed by atoms with Gasteiger partial charge in [-0.1, -0.05) is 52.9 Å². The predicted molar refractivity (Wildman–Crippen MR) is 103 cm³/mol. The molecule has 1 N–H and O–H groups in total. The molecule has 0 unspecified atom stereocenters. The Bertz CT molecular complexity index is 414. The van der Waals surface area contributed by atoms with Gasteiger partial charge in [-0.2, -0.15) is 0 Å². The Morgan fingerprint density at radius 1 is 1.09 bits per heavy atom. The van der Waals surface area contributed by atoms with Crippen molar-refractivity contribution in [1.29, 1.82) is 0 Å². The van der Waals surface area contributed by atoms with Crippen molar-refractivity contribution in [1.82, 2.24) is 0 Å². The Balaban J connectivity index is 2.76. The Kier molecular flexibility index (Phi) is 6.33. The van der Waals surface area contributed by atoms with E-state index in [2.05, 4.69) is 60.4 Å². The van der Waals surface area contributed by atoms with Gasteiger partial charge in [0.25, 0.3) is 0 Å². The number of aliphatic hydroxyl groups is 1. The fourth-order valence-electron chi connectivity index (χ4n) is 2.99. The van der Waals surface area contributed by atoms with Crippen LogP contribution in [-0.4, -0.2) is 34.2 Å². The zero-order valence-corrected chi connectivity index (χ0v) is 18.3. The van der Waals surface area contributed by atoms with Crippen molar-refractivity contribution >= 4 is 16.4 Å². The molecule has 0 aromatic rings. The van der Waals surface area contributed by atoms with E-state index >= 15 is 0 Å². The number of rotatable bonds is 6. The second-order valence-electron chi connectivity index (χ2n) is 9.80. The summed E-state index contributed by atoms with van der Waals surface area (Å²) in [4.78, 5) is 0. The van der Waals surface area contributed by atoms with Gasteiger partial charge in [0.15, 0.2) is 8.32 Å². The SMILES string of the molecule is C[C@@H]1C[C@H](O)C(C[Si](C)(C)C)=C1CCO[Si](C)(C)C(C)(C)C. The quantitative estimate of drug-likeness (QED) is 0.515. The Morgan fingerprint density at radius 2 is 1.64 bits per heavy atom. The summed E-state index contributed by atoms with van der Waals surface area (Å²) in [6.07, 6.45) is 1.71. The van der Waals surface area contributed by atoms with Gasteiger partial charge in [-0.3, -0.25) is 0 Å². The van der Waals surface area contributed by atoms with Crippen molar-refractivity contribution in [3.8, 4) is 0 Å². The van der Waals surface area contributed by atoms with Gasteiger partial charge in [-0.15, -0.1) is 0 Å². The molecule has 0 amide bonds. The van der Waals surface area contributed by atoms with Crippen molar-refractivity contribution in [3.05, 3.63) is 11.1 Å². The van der Waals surface area contributed by atoms with E-state index in [1.807, 2.05) is 0 Å². The molecule has 0 aromatic heterocycles. The van der Waals surface area contributed by atoms with Crippen LogP contribution in [0, 0.1) is 5.92 Å². The lowest BCUT2D eigenvalue weighted by Gasteiger charge is -2.36. The first-order chi connectivity index (χ1) is 9.74. The van der Waals surface area contributed by atoms with Crippen LogP contribution in [0.5, 0.6) is 0 Å². The number of aliphatic hydroxyl groups excluding tert-OH is 1. The van der Waals surface area contributed by atoms with Gasteiger partial charge in [0, 0.05) is 14.7 Å². The summed E-state index contributed by atoms with van der Waals surface area (Å²) in [7, 11) is -2.85. The molecule has 4 heteroatoms. The molecule has 1 aliphatic rings. The van der Waals surface area contributed by atoms with E-state index in [0.29, 0.717) is 5.92 Å². The maximum absolute atomic E-state index is 10.4. The first-order valence-corrected chi connectivity index (χ1v) is 15.4. The minimum atomic E-state index is -1.66. The molecular formula is C18H38O2Si2. The monoisotopic (exact) mass is 342 g/mol. The van der Waals surface area contributed by atoms with Crippen molar-refractivity contribution in [2.75, 3.05) is 6.61 Å². The van der Waals surface area contributed by atoms with Crippen molar-refractivity contribution in [2.45, 2.75) is 90.5 Å². The summed E-state index contributed by atoms with van der Waals surface area (Å²) < 4.78 is 6.35. The van der Waals surface area contributed by atoms with E-state index in [1.54, 1.807) is 0 Å². The first-order valence-electron chi connectivity index (χ1n) is 8.78. The van der Waals surface area contributed by atoms with Crippen molar-refractivity contribution in [2.24, 2.45) is 5.92 Å². The highest BCUT2D eigenvalue weighted by Crippen LogP contribution is 2.40. The molecule has 0 bridgehead atoms. The number of hydrogen-bond acceptors (Lipinski definition) is 2. The third kappa shape index (κ3) is 5.32. The fourth-order valence-corrected chi connectivity index (χ4v) is 5.64. The van der Waals surface area contributed by atoms with E-state index in [9.17, 15) is 5.11 Å². The normalized spacial score (nSPS) is 24.3. The second-order valence-corrected chi connectivity index (χ2v) is 20.1. The summed E-state index contributed by atoms with van der Waals surface area (Å²) in [5.41, 5.74) is 2.85. The zero-order chi connectivity index (χ0) is 17.3. The molecule has 0 fully saturated rings.